The first kappa shape index (κ1) is 19.7. The lowest BCUT2D eigenvalue weighted by molar-refractivity contribution is -0.123. The summed E-state index contributed by atoms with van der Waals surface area (Å²) in [6.07, 6.45) is 1.44. The van der Waals surface area contributed by atoms with Gasteiger partial charge in [-0.15, -0.1) is 0 Å². The van der Waals surface area contributed by atoms with Gasteiger partial charge in [0.15, 0.2) is 6.61 Å². The largest absolute Gasteiger partial charge is 0.483 e. The number of ether oxygens (including phenoxy) is 1. The van der Waals surface area contributed by atoms with Gasteiger partial charge in [0.2, 0.25) is 0 Å². The Balaban J connectivity index is 1.55. The van der Waals surface area contributed by atoms with Crippen LogP contribution in [0.3, 0.4) is 0 Å². The minimum Gasteiger partial charge on any atom is -0.483 e. The van der Waals surface area contributed by atoms with Crippen LogP contribution in [-0.2, 0) is 4.79 Å². The Kier molecular flexibility index (Phi) is 6.16. The Morgan fingerprint density at radius 1 is 1.11 bits per heavy atom. The third-order valence-corrected chi connectivity index (χ3v) is 4.63. The number of para-hydroxylation sites is 1. The van der Waals surface area contributed by atoms with Gasteiger partial charge in [0.05, 0.1) is 6.21 Å². The second kappa shape index (κ2) is 8.76. The molecule has 1 heterocycles. The van der Waals surface area contributed by atoms with E-state index in [0.717, 1.165) is 22.3 Å². The number of rotatable bonds is 6. The van der Waals surface area contributed by atoms with Crippen molar-refractivity contribution < 1.29 is 13.9 Å². The Morgan fingerprint density at radius 3 is 2.57 bits per heavy atom. The maximum absolute atomic E-state index is 11.9. The van der Waals surface area contributed by atoms with Crippen molar-refractivity contribution >= 4 is 23.7 Å². The summed E-state index contributed by atoms with van der Waals surface area (Å²) in [6.45, 7) is 5.70. The van der Waals surface area contributed by atoms with E-state index in [9.17, 15) is 4.79 Å². The Labute approximate surface area is 169 Å². The van der Waals surface area contributed by atoms with Gasteiger partial charge in [-0.25, -0.2) is 5.43 Å². The van der Waals surface area contributed by atoms with Gasteiger partial charge in [-0.05, 0) is 55.7 Å². The van der Waals surface area contributed by atoms with Crippen LogP contribution in [0.1, 0.15) is 22.5 Å². The van der Waals surface area contributed by atoms with Crippen LogP contribution in [0.25, 0.3) is 11.3 Å². The fourth-order valence-electron chi connectivity index (χ4n) is 2.69. The van der Waals surface area contributed by atoms with Crippen molar-refractivity contribution in [3.63, 3.8) is 0 Å². The number of carbonyl (C=O) groups excluding carboxylic acids is 1. The number of hydrogen-bond acceptors (Lipinski definition) is 4. The fraction of sp³-hybridized carbons (Fsp3) is 0.182. The number of halogens is 1. The molecule has 1 aromatic heterocycles. The first-order valence-electron chi connectivity index (χ1n) is 8.81. The SMILES string of the molecule is Cc1ccc(-c2ccc(/C=N/NC(=O)COc3c(C)cccc3C)o2)cc1Cl. The summed E-state index contributed by atoms with van der Waals surface area (Å²) in [5.41, 5.74) is 6.27. The number of nitrogens with one attached hydrogen (secondary N) is 1. The standard InChI is InChI=1S/C22H21ClN2O3/c1-14-7-8-17(11-19(14)23)20-10-9-18(28-20)12-24-25-21(26)13-27-22-15(2)5-4-6-16(22)3/h4-12H,13H2,1-3H3,(H,25,26)/b24-12+. The lowest BCUT2D eigenvalue weighted by Gasteiger charge is -2.10. The first-order chi connectivity index (χ1) is 13.4. The van der Waals surface area contributed by atoms with Crippen molar-refractivity contribution in [3.05, 3.63) is 76.0 Å². The number of carbonyl (C=O) groups is 1. The molecule has 0 atom stereocenters. The number of aryl methyl sites for hydroxylation is 3. The quantitative estimate of drug-likeness (QED) is 0.468. The minimum absolute atomic E-state index is 0.117. The number of hydrazone groups is 1. The minimum atomic E-state index is -0.351. The smallest absolute Gasteiger partial charge is 0.277 e. The van der Waals surface area contributed by atoms with Crippen LogP contribution >= 0.6 is 11.6 Å². The molecule has 0 saturated carbocycles. The highest BCUT2D eigenvalue weighted by atomic mass is 35.5. The molecule has 0 unspecified atom stereocenters. The van der Waals surface area contributed by atoms with E-state index in [-0.39, 0.29) is 12.5 Å². The highest BCUT2D eigenvalue weighted by molar-refractivity contribution is 6.31. The zero-order valence-electron chi connectivity index (χ0n) is 16.0. The average molecular weight is 397 g/mol. The number of benzene rings is 2. The van der Waals surface area contributed by atoms with Crippen molar-refractivity contribution in [2.24, 2.45) is 5.10 Å². The molecule has 0 fully saturated rings. The monoisotopic (exact) mass is 396 g/mol. The summed E-state index contributed by atoms with van der Waals surface area (Å²) in [5.74, 6) is 1.56. The molecule has 3 aromatic rings. The molecule has 0 aliphatic rings. The van der Waals surface area contributed by atoms with Crippen LogP contribution in [0.15, 0.2) is 58.0 Å². The van der Waals surface area contributed by atoms with Crippen molar-refractivity contribution in [3.8, 4) is 17.1 Å². The van der Waals surface area contributed by atoms with E-state index in [1.54, 1.807) is 6.07 Å². The summed E-state index contributed by atoms with van der Waals surface area (Å²) in [7, 11) is 0. The van der Waals surface area contributed by atoms with E-state index in [4.69, 9.17) is 20.8 Å². The van der Waals surface area contributed by atoms with Crippen LogP contribution in [0.2, 0.25) is 5.02 Å². The van der Waals surface area contributed by atoms with Gasteiger partial charge in [-0.2, -0.15) is 5.10 Å². The zero-order valence-corrected chi connectivity index (χ0v) is 16.7. The molecule has 0 spiro atoms. The van der Waals surface area contributed by atoms with E-state index >= 15 is 0 Å². The van der Waals surface area contributed by atoms with Crippen molar-refractivity contribution in [1.82, 2.24) is 5.43 Å². The molecular weight excluding hydrogens is 376 g/mol. The molecule has 0 radical (unpaired) electrons. The molecule has 0 aliphatic heterocycles. The number of furan rings is 1. The Morgan fingerprint density at radius 2 is 1.86 bits per heavy atom. The fourth-order valence-corrected chi connectivity index (χ4v) is 2.87. The lowest BCUT2D eigenvalue weighted by atomic mass is 10.1. The molecule has 0 bridgehead atoms. The molecule has 144 valence electrons. The summed E-state index contributed by atoms with van der Waals surface area (Å²) in [5, 5.41) is 4.59. The topological polar surface area (TPSA) is 63.8 Å². The third-order valence-electron chi connectivity index (χ3n) is 4.22. The van der Waals surface area contributed by atoms with Crippen molar-refractivity contribution in [1.29, 1.82) is 0 Å². The second-order valence-corrected chi connectivity index (χ2v) is 6.88. The zero-order chi connectivity index (χ0) is 20.1. The molecule has 28 heavy (non-hydrogen) atoms. The number of nitrogens with zero attached hydrogens (tertiary/aromatic N) is 1. The maximum Gasteiger partial charge on any atom is 0.277 e. The molecule has 0 saturated heterocycles. The van der Waals surface area contributed by atoms with E-state index in [2.05, 4.69) is 10.5 Å². The van der Waals surface area contributed by atoms with Gasteiger partial charge in [0.1, 0.15) is 17.3 Å². The highest BCUT2D eigenvalue weighted by Gasteiger charge is 2.08. The van der Waals surface area contributed by atoms with E-state index in [1.807, 2.05) is 63.2 Å². The van der Waals surface area contributed by atoms with Crippen LogP contribution in [0.4, 0.5) is 0 Å². The van der Waals surface area contributed by atoms with Crippen LogP contribution in [-0.4, -0.2) is 18.7 Å². The molecule has 2 aromatic carbocycles. The summed E-state index contributed by atoms with van der Waals surface area (Å²) in [4.78, 5) is 11.9. The molecule has 0 aliphatic carbocycles. The van der Waals surface area contributed by atoms with Crippen molar-refractivity contribution in [2.75, 3.05) is 6.61 Å². The van der Waals surface area contributed by atoms with Gasteiger partial charge in [-0.1, -0.05) is 41.9 Å². The molecule has 3 rings (SSSR count). The third kappa shape index (κ3) is 4.81. The van der Waals surface area contributed by atoms with E-state index < -0.39 is 0 Å². The van der Waals surface area contributed by atoms with Crippen LogP contribution in [0, 0.1) is 20.8 Å². The second-order valence-electron chi connectivity index (χ2n) is 6.47. The van der Waals surface area contributed by atoms with E-state index in [0.29, 0.717) is 22.3 Å². The summed E-state index contributed by atoms with van der Waals surface area (Å²) in [6, 6.07) is 15.1. The molecule has 5 nitrogen and oxygen atoms in total. The van der Waals surface area contributed by atoms with Crippen LogP contribution < -0.4 is 10.2 Å². The van der Waals surface area contributed by atoms with Gasteiger partial charge in [-0.3, -0.25) is 4.79 Å². The van der Waals surface area contributed by atoms with Crippen LogP contribution in [0.5, 0.6) is 5.75 Å². The number of amides is 1. The summed E-state index contributed by atoms with van der Waals surface area (Å²) >= 11 is 6.16. The predicted octanol–water partition coefficient (Wildman–Crippen LogP) is 5.05. The number of hydrogen-bond donors (Lipinski definition) is 1. The first-order valence-corrected chi connectivity index (χ1v) is 9.19. The molecule has 6 heteroatoms. The van der Waals surface area contributed by atoms with Gasteiger partial charge >= 0.3 is 0 Å². The van der Waals surface area contributed by atoms with Gasteiger partial charge in [0, 0.05) is 10.6 Å². The predicted molar refractivity (Wildman–Crippen MR) is 111 cm³/mol. The summed E-state index contributed by atoms with van der Waals surface area (Å²) < 4.78 is 11.3. The maximum atomic E-state index is 11.9. The van der Waals surface area contributed by atoms with E-state index in [1.165, 1.54) is 6.21 Å². The molecular formula is C22H21ClN2O3. The normalized spacial score (nSPS) is 11.0. The van der Waals surface area contributed by atoms with Gasteiger partial charge < -0.3 is 9.15 Å². The highest BCUT2D eigenvalue weighted by Crippen LogP contribution is 2.26. The Bertz CT molecular complexity index is 1000. The average Bonchev–Trinajstić information content (AvgIpc) is 3.12. The van der Waals surface area contributed by atoms with Crippen molar-refractivity contribution in [2.45, 2.75) is 20.8 Å². The van der Waals surface area contributed by atoms with Gasteiger partial charge in [0.25, 0.3) is 5.91 Å². The molecule has 1 amide bonds. The molecule has 1 N–H and O–H groups in total. The lowest BCUT2D eigenvalue weighted by Crippen LogP contribution is -2.24. The Hall–Kier alpha value is -3.05.